The van der Waals surface area contributed by atoms with Gasteiger partial charge in [0.05, 0.1) is 5.56 Å². The SMILES string of the molecule is Cc1cccc(CNC(=O)c2cnc(Nc3cccc(C)c3)nc2)c1. The number of hydrogen-bond donors (Lipinski definition) is 2. The monoisotopic (exact) mass is 332 g/mol. The molecule has 0 bridgehead atoms. The van der Waals surface area contributed by atoms with Gasteiger partial charge >= 0.3 is 0 Å². The predicted octanol–water partition coefficient (Wildman–Crippen LogP) is 3.77. The molecule has 0 atom stereocenters. The zero-order valence-corrected chi connectivity index (χ0v) is 14.3. The first-order valence-corrected chi connectivity index (χ1v) is 8.09. The van der Waals surface area contributed by atoms with Crippen LogP contribution in [-0.4, -0.2) is 15.9 Å². The van der Waals surface area contributed by atoms with Crippen LogP contribution in [0.1, 0.15) is 27.0 Å². The van der Waals surface area contributed by atoms with Crippen molar-refractivity contribution in [2.75, 3.05) is 5.32 Å². The molecule has 0 unspecified atom stereocenters. The van der Waals surface area contributed by atoms with Gasteiger partial charge in [0.2, 0.25) is 5.95 Å². The lowest BCUT2D eigenvalue weighted by atomic mass is 10.1. The maximum absolute atomic E-state index is 12.2. The van der Waals surface area contributed by atoms with E-state index < -0.39 is 0 Å². The predicted molar refractivity (Wildman–Crippen MR) is 98.8 cm³/mol. The zero-order valence-electron chi connectivity index (χ0n) is 14.3. The van der Waals surface area contributed by atoms with E-state index in [9.17, 15) is 4.79 Å². The number of hydrogen-bond acceptors (Lipinski definition) is 4. The summed E-state index contributed by atoms with van der Waals surface area (Å²) in [6, 6.07) is 16.0. The van der Waals surface area contributed by atoms with Crippen molar-refractivity contribution in [2.45, 2.75) is 20.4 Å². The minimum Gasteiger partial charge on any atom is -0.348 e. The van der Waals surface area contributed by atoms with E-state index in [2.05, 4.69) is 20.6 Å². The summed E-state index contributed by atoms with van der Waals surface area (Å²) in [6.07, 6.45) is 3.05. The van der Waals surface area contributed by atoms with Gasteiger partial charge in [-0.05, 0) is 37.1 Å². The van der Waals surface area contributed by atoms with E-state index in [-0.39, 0.29) is 5.91 Å². The van der Waals surface area contributed by atoms with Gasteiger partial charge in [-0.1, -0.05) is 42.0 Å². The van der Waals surface area contributed by atoms with E-state index in [0.717, 1.165) is 16.8 Å². The Labute approximate surface area is 147 Å². The molecule has 5 heteroatoms. The number of anilines is 2. The average molecular weight is 332 g/mol. The molecule has 1 amide bonds. The molecule has 2 aromatic carbocycles. The largest absolute Gasteiger partial charge is 0.348 e. The summed E-state index contributed by atoms with van der Waals surface area (Å²) < 4.78 is 0. The van der Waals surface area contributed by atoms with Gasteiger partial charge in [0.15, 0.2) is 0 Å². The van der Waals surface area contributed by atoms with Crippen molar-refractivity contribution in [1.29, 1.82) is 0 Å². The van der Waals surface area contributed by atoms with Crippen molar-refractivity contribution in [2.24, 2.45) is 0 Å². The Bertz CT molecular complexity index is 875. The molecule has 0 fully saturated rings. The number of aryl methyl sites for hydroxylation is 2. The summed E-state index contributed by atoms with van der Waals surface area (Å²) in [5, 5.41) is 6.00. The Balaban J connectivity index is 1.60. The van der Waals surface area contributed by atoms with Crippen molar-refractivity contribution in [1.82, 2.24) is 15.3 Å². The van der Waals surface area contributed by atoms with Gasteiger partial charge in [-0.25, -0.2) is 9.97 Å². The molecule has 0 saturated heterocycles. The van der Waals surface area contributed by atoms with E-state index in [1.807, 2.05) is 62.4 Å². The average Bonchev–Trinajstić information content (AvgIpc) is 2.60. The fourth-order valence-electron chi connectivity index (χ4n) is 2.47. The third-order valence-corrected chi connectivity index (χ3v) is 3.72. The maximum Gasteiger partial charge on any atom is 0.254 e. The first-order chi connectivity index (χ1) is 12.1. The van der Waals surface area contributed by atoms with Gasteiger partial charge in [-0.3, -0.25) is 4.79 Å². The third-order valence-electron chi connectivity index (χ3n) is 3.72. The summed E-state index contributed by atoms with van der Waals surface area (Å²) in [7, 11) is 0. The molecule has 1 aromatic heterocycles. The maximum atomic E-state index is 12.2. The van der Waals surface area contributed by atoms with Crippen LogP contribution < -0.4 is 10.6 Å². The Morgan fingerprint density at radius 3 is 2.32 bits per heavy atom. The minimum absolute atomic E-state index is 0.191. The topological polar surface area (TPSA) is 66.9 Å². The number of amides is 1. The standard InChI is InChI=1S/C20H20N4O/c1-14-5-3-7-16(9-14)11-21-19(25)17-12-22-20(23-13-17)24-18-8-4-6-15(2)10-18/h3-10,12-13H,11H2,1-2H3,(H,21,25)(H,22,23,24). The number of nitrogens with one attached hydrogen (secondary N) is 2. The van der Waals surface area contributed by atoms with Gasteiger partial charge in [0.1, 0.15) is 0 Å². The van der Waals surface area contributed by atoms with E-state index in [0.29, 0.717) is 18.1 Å². The second-order valence-electron chi connectivity index (χ2n) is 5.96. The minimum atomic E-state index is -0.191. The molecule has 3 aromatic rings. The molecule has 0 spiro atoms. The summed E-state index contributed by atoms with van der Waals surface area (Å²) in [6.45, 7) is 4.52. The highest BCUT2D eigenvalue weighted by atomic mass is 16.1. The number of aromatic nitrogens is 2. The second-order valence-corrected chi connectivity index (χ2v) is 5.96. The first-order valence-electron chi connectivity index (χ1n) is 8.09. The molecule has 0 aliphatic carbocycles. The van der Waals surface area contributed by atoms with Crippen LogP contribution in [-0.2, 0) is 6.54 Å². The number of rotatable bonds is 5. The van der Waals surface area contributed by atoms with E-state index >= 15 is 0 Å². The molecule has 0 saturated carbocycles. The summed E-state index contributed by atoms with van der Waals surface area (Å²) in [4.78, 5) is 20.6. The molecule has 0 radical (unpaired) electrons. The highest BCUT2D eigenvalue weighted by Gasteiger charge is 2.07. The number of carbonyl (C=O) groups is 1. The summed E-state index contributed by atoms with van der Waals surface area (Å²) in [5.74, 6) is 0.268. The van der Waals surface area contributed by atoms with Gasteiger partial charge in [0, 0.05) is 24.6 Å². The molecule has 25 heavy (non-hydrogen) atoms. The highest BCUT2D eigenvalue weighted by molar-refractivity contribution is 5.93. The van der Waals surface area contributed by atoms with Gasteiger partial charge in [-0.2, -0.15) is 0 Å². The fourth-order valence-corrected chi connectivity index (χ4v) is 2.47. The molecule has 5 nitrogen and oxygen atoms in total. The second kappa shape index (κ2) is 7.57. The Morgan fingerprint density at radius 1 is 0.960 bits per heavy atom. The van der Waals surface area contributed by atoms with Gasteiger partial charge < -0.3 is 10.6 Å². The normalized spacial score (nSPS) is 10.3. The Morgan fingerprint density at radius 2 is 1.64 bits per heavy atom. The molecular weight excluding hydrogens is 312 g/mol. The van der Waals surface area contributed by atoms with Crippen molar-refractivity contribution in [3.05, 3.63) is 83.2 Å². The van der Waals surface area contributed by atoms with Crippen LogP contribution in [0.2, 0.25) is 0 Å². The molecule has 1 heterocycles. The van der Waals surface area contributed by atoms with Crippen LogP contribution in [0, 0.1) is 13.8 Å². The lowest BCUT2D eigenvalue weighted by Crippen LogP contribution is -2.23. The van der Waals surface area contributed by atoms with E-state index in [4.69, 9.17) is 0 Å². The van der Waals surface area contributed by atoms with E-state index in [1.165, 1.54) is 18.0 Å². The van der Waals surface area contributed by atoms with Crippen LogP contribution in [0.3, 0.4) is 0 Å². The number of carbonyl (C=O) groups excluding carboxylic acids is 1. The molecule has 0 aliphatic rings. The number of nitrogens with zero attached hydrogens (tertiary/aromatic N) is 2. The van der Waals surface area contributed by atoms with Crippen molar-refractivity contribution >= 4 is 17.5 Å². The molecule has 0 aliphatic heterocycles. The Kier molecular flexibility index (Phi) is 5.04. The van der Waals surface area contributed by atoms with Crippen molar-refractivity contribution in [3.8, 4) is 0 Å². The highest BCUT2D eigenvalue weighted by Crippen LogP contribution is 2.14. The first kappa shape index (κ1) is 16.6. The summed E-state index contributed by atoms with van der Waals surface area (Å²) >= 11 is 0. The smallest absolute Gasteiger partial charge is 0.254 e. The molecule has 126 valence electrons. The molecular formula is C20H20N4O. The summed E-state index contributed by atoms with van der Waals surface area (Å²) in [5.41, 5.74) is 4.73. The Hall–Kier alpha value is -3.21. The zero-order chi connectivity index (χ0) is 17.6. The third kappa shape index (κ3) is 4.64. The molecule has 2 N–H and O–H groups in total. The van der Waals surface area contributed by atoms with Gasteiger partial charge in [0.25, 0.3) is 5.91 Å². The molecule has 3 rings (SSSR count). The lowest BCUT2D eigenvalue weighted by Gasteiger charge is -2.08. The van der Waals surface area contributed by atoms with Crippen molar-refractivity contribution < 1.29 is 4.79 Å². The van der Waals surface area contributed by atoms with Crippen molar-refractivity contribution in [3.63, 3.8) is 0 Å². The quantitative estimate of drug-likeness (QED) is 0.746. The van der Waals surface area contributed by atoms with Crippen LogP contribution in [0.4, 0.5) is 11.6 Å². The van der Waals surface area contributed by atoms with Crippen LogP contribution in [0.25, 0.3) is 0 Å². The fraction of sp³-hybridized carbons (Fsp3) is 0.150. The number of benzene rings is 2. The van der Waals surface area contributed by atoms with Crippen LogP contribution in [0.5, 0.6) is 0 Å². The lowest BCUT2D eigenvalue weighted by molar-refractivity contribution is 0.0950. The van der Waals surface area contributed by atoms with Gasteiger partial charge in [-0.15, -0.1) is 0 Å². The van der Waals surface area contributed by atoms with Crippen LogP contribution in [0.15, 0.2) is 60.9 Å². The van der Waals surface area contributed by atoms with E-state index in [1.54, 1.807) is 0 Å². The van der Waals surface area contributed by atoms with Crippen LogP contribution >= 0.6 is 0 Å².